The predicted molar refractivity (Wildman–Crippen MR) is 206 cm³/mol. The van der Waals surface area contributed by atoms with Gasteiger partial charge in [-0.3, -0.25) is 5.41 Å². The number of nitriles is 1. The highest BCUT2D eigenvalue weighted by Gasteiger charge is 2.18. The van der Waals surface area contributed by atoms with E-state index in [0.717, 1.165) is 47.6 Å². The molecule has 0 saturated heterocycles. The standard InChI is InChI=1S/C19H24ClN3.C13H19N.C4H5NO.C2H4.CH3N/c1-5-23(14(3)22-4)18-11-6-13(2)12-17(18)19(21)15-7-9-16(20)10-8-15;1-5-9-14-12(4)13-8-6-7-10(2)11(13)3;1-4(2)6-3-5;2*1-2/h6-12,14,21-22H,5H2,1-4H3;6-8,14H,4-5,9H2,1-3H3;1H2,2H3;1-2H2;2H,1H2. The number of rotatable bonds is 11. The first kappa shape index (κ1) is 44.5. The second-order valence-corrected chi connectivity index (χ2v) is 10.6. The molecule has 1 unspecified atom stereocenters. The molecule has 8 heteroatoms. The topological polar surface area (TPSA) is 108 Å². The highest BCUT2D eigenvalue weighted by atomic mass is 35.5. The molecule has 0 aliphatic carbocycles. The van der Waals surface area contributed by atoms with Crippen LogP contribution < -0.4 is 15.5 Å². The minimum atomic E-state index is 0.194. The van der Waals surface area contributed by atoms with Gasteiger partial charge in [-0.1, -0.05) is 73.6 Å². The van der Waals surface area contributed by atoms with E-state index < -0.39 is 0 Å². The molecule has 0 radical (unpaired) electrons. The molecule has 47 heavy (non-hydrogen) atoms. The molecule has 4 N–H and O–H groups in total. The SMILES string of the molecule is C=C.C=C(C)OC#N.C=C(NCCC)c1cccc(C)c1C.C=N.CCN(c1ccc(C)cc1C(=N)c1ccc(Cl)cc1)C(C)NC. The number of benzene rings is 3. The third-order valence-corrected chi connectivity index (χ3v) is 7.08. The fourth-order valence-electron chi connectivity index (χ4n) is 4.21. The van der Waals surface area contributed by atoms with E-state index in [1.165, 1.54) is 22.9 Å². The van der Waals surface area contributed by atoms with Crippen molar-refractivity contribution in [1.82, 2.24) is 10.6 Å². The molecule has 0 aromatic heterocycles. The van der Waals surface area contributed by atoms with Gasteiger partial charge < -0.3 is 25.7 Å². The van der Waals surface area contributed by atoms with Gasteiger partial charge in [-0.25, -0.2) is 0 Å². The maximum Gasteiger partial charge on any atom is 0.291 e. The van der Waals surface area contributed by atoms with Gasteiger partial charge in [0.25, 0.3) is 6.26 Å². The van der Waals surface area contributed by atoms with Gasteiger partial charge in [0.2, 0.25) is 0 Å². The molecule has 0 aliphatic rings. The minimum absolute atomic E-state index is 0.194. The molecule has 0 bridgehead atoms. The summed E-state index contributed by atoms with van der Waals surface area (Å²) in [6, 6.07) is 20.1. The van der Waals surface area contributed by atoms with Crippen LogP contribution in [-0.2, 0) is 4.74 Å². The number of hydrogen-bond acceptors (Lipinski definition) is 7. The molecule has 3 aromatic carbocycles. The van der Waals surface area contributed by atoms with Crippen molar-refractivity contribution in [3.05, 3.63) is 131 Å². The first-order chi connectivity index (χ1) is 22.4. The molecule has 3 rings (SSSR count). The number of nitrogens with zero attached hydrogens (tertiary/aromatic N) is 2. The van der Waals surface area contributed by atoms with Crippen molar-refractivity contribution in [3.63, 3.8) is 0 Å². The lowest BCUT2D eigenvalue weighted by atomic mass is 9.98. The quantitative estimate of drug-likeness (QED) is 0.0539. The Bertz CT molecular complexity index is 1430. The van der Waals surface area contributed by atoms with Crippen LogP contribution in [0.1, 0.15) is 67.5 Å². The van der Waals surface area contributed by atoms with Gasteiger partial charge in [0.05, 0.1) is 11.9 Å². The molecule has 0 fully saturated rings. The van der Waals surface area contributed by atoms with E-state index in [1.807, 2.05) is 31.3 Å². The highest BCUT2D eigenvalue weighted by molar-refractivity contribution is 6.30. The fourth-order valence-corrected chi connectivity index (χ4v) is 4.33. The summed E-state index contributed by atoms with van der Waals surface area (Å²) in [5.41, 5.74) is 9.46. The van der Waals surface area contributed by atoms with E-state index in [4.69, 9.17) is 27.7 Å². The van der Waals surface area contributed by atoms with E-state index in [2.05, 4.69) is 131 Å². The van der Waals surface area contributed by atoms with Crippen molar-refractivity contribution in [2.45, 2.75) is 61.1 Å². The van der Waals surface area contributed by atoms with Crippen LogP contribution >= 0.6 is 11.6 Å². The summed E-state index contributed by atoms with van der Waals surface area (Å²) in [7, 11) is 1.95. The molecule has 0 aliphatic heterocycles. The number of nitrogens with one attached hydrogen (secondary N) is 4. The molecule has 7 nitrogen and oxygen atoms in total. The third kappa shape index (κ3) is 16.0. The second-order valence-electron chi connectivity index (χ2n) is 10.2. The first-order valence-corrected chi connectivity index (χ1v) is 15.7. The summed E-state index contributed by atoms with van der Waals surface area (Å²) in [4.78, 5) is 2.26. The van der Waals surface area contributed by atoms with E-state index in [0.29, 0.717) is 16.5 Å². The molecular formula is C39H55ClN6O. The van der Waals surface area contributed by atoms with Crippen molar-refractivity contribution in [2.24, 2.45) is 0 Å². The normalized spacial score (nSPS) is 9.79. The van der Waals surface area contributed by atoms with Crippen LogP contribution in [0, 0.1) is 43.1 Å². The van der Waals surface area contributed by atoms with E-state index in [-0.39, 0.29) is 6.17 Å². The van der Waals surface area contributed by atoms with Crippen LogP contribution in [0.5, 0.6) is 0 Å². The van der Waals surface area contributed by atoms with Crippen LogP contribution in [-0.4, -0.2) is 38.7 Å². The van der Waals surface area contributed by atoms with Crippen LogP contribution in [0.4, 0.5) is 5.69 Å². The molecular weight excluding hydrogens is 604 g/mol. The monoisotopic (exact) mass is 658 g/mol. The first-order valence-electron chi connectivity index (χ1n) is 15.4. The van der Waals surface area contributed by atoms with Gasteiger partial charge in [0.15, 0.2) is 0 Å². The van der Waals surface area contributed by atoms with Crippen LogP contribution in [0.2, 0.25) is 5.02 Å². The van der Waals surface area contributed by atoms with Gasteiger partial charge in [-0.05, 0) is 97.1 Å². The molecule has 0 saturated carbocycles. The predicted octanol–water partition coefficient (Wildman–Crippen LogP) is 9.82. The Balaban J connectivity index is 0. The highest BCUT2D eigenvalue weighted by Crippen LogP contribution is 2.26. The summed E-state index contributed by atoms with van der Waals surface area (Å²) in [5.74, 6) is 0.428. The fraction of sp³-hybridized carbons (Fsp3) is 0.308. The number of ether oxygens (including phenoxy) is 1. The zero-order valence-electron chi connectivity index (χ0n) is 29.7. The number of aryl methyl sites for hydroxylation is 2. The lowest BCUT2D eigenvalue weighted by Crippen LogP contribution is -2.42. The lowest BCUT2D eigenvalue weighted by molar-refractivity contribution is 0.380. The van der Waals surface area contributed by atoms with Gasteiger partial charge in [-0.2, -0.15) is 0 Å². The van der Waals surface area contributed by atoms with E-state index in [1.54, 1.807) is 6.92 Å². The van der Waals surface area contributed by atoms with E-state index in [9.17, 15) is 0 Å². The number of hydrogen-bond donors (Lipinski definition) is 4. The van der Waals surface area contributed by atoms with Gasteiger partial charge >= 0.3 is 0 Å². The Labute approximate surface area is 289 Å². The molecule has 3 aromatic rings. The maximum absolute atomic E-state index is 8.66. The van der Waals surface area contributed by atoms with Crippen LogP contribution in [0.15, 0.2) is 92.7 Å². The summed E-state index contributed by atoms with van der Waals surface area (Å²) in [6.07, 6.45) is 2.79. The Morgan fingerprint density at radius 1 is 1.00 bits per heavy atom. The van der Waals surface area contributed by atoms with Crippen molar-refractivity contribution in [1.29, 1.82) is 16.1 Å². The zero-order valence-corrected chi connectivity index (χ0v) is 30.4. The van der Waals surface area contributed by atoms with Crippen molar-refractivity contribution in [3.8, 4) is 6.26 Å². The zero-order chi connectivity index (χ0) is 36.5. The summed E-state index contributed by atoms with van der Waals surface area (Å²) >= 11 is 5.97. The molecule has 1 atom stereocenters. The number of anilines is 1. The third-order valence-electron chi connectivity index (χ3n) is 6.83. The average molecular weight is 659 g/mol. The Morgan fingerprint density at radius 2 is 1.60 bits per heavy atom. The van der Waals surface area contributed by atoms with Crippen molar-refractivity contribution >= 4 is 35.4 Å². The Hall–Kier alpha value is -4.64. The van der Waals surface area contributed by atoms with Crippen molar-refractivity contribution in [2.75, 3.05) is 25.0 Å². The summed E-state index contributed by atoms with van der Waals surface area (Å²) in [5, 5.41) is 29.1. The summed E-state index contributed by atoms with van der Waals surface area (Å²) in [6.45, 7) is 32.1. The smallest absolute Gasteiger partial charge is 0.291 e. The van der Waals surface area contributed by atoms with Crippen LogP contribution in [0.3, 0.4) is 0 Å². The Kier molecular flexibility index (Phi) is 24.2. The summed E-state index contributed by atoms with van der Waals surface area (Å²) < 4.78 is 4.15. The molecule has 0 spiro atoms. The molecule has 254 valence electrons. The van der Waals surface area contributed by atoms with Gasteiger partial charge in [0.1, 0.15) is 5.76 Å². The Morgan fingerprint density at radius 3 is 2.06 bits per heavy atom. The molecule has 0 amide bonds. The van der Waals surface area contributed by atoms with Gasteiger partial charge in [-0.15, -0.1) is 18.4 Å². The lowest BCUT2D eigenvalue weighted by Gasteiger charge is -2.32. The number of allylic oxidation sites excluding steroid dienone is 1. The second kappa shape index (κ2) is 25.5. The average Bonchev–Trinajstić information content (AvgIpc) is 3.08. The number of halogens is 1. The minimum Gasteiger partial charge on any atom is -0.394 e. The van der Waals surface area contributed by atoms with Crippen molar-refractivity contribution < 1.29 is 4.74 Å². The van der Waals surface area contributed by atoms with E-state index >= 15 is 0 Å². The maximum atomic E-state index is 8.66. The largest absolute Gasteiger partial charge is 0.394 e. The molecule has 0 heterocycles. The van der Waals surface area contributed by atoms with Gasteiger partial charge in [0, 0.05) is 46.2 Å². The van der Waals surface area contributed by atoms with Crippen LogP contribution in [0.25, 0.3) is 5.70 Å².